The van der Waals surface area contributed by atoms with E-state index in [4.69, 9.17) is 9.05 Å². The van der Waals surface area contributed by atoms with Crippen LogP contribution in [-0.4, -0.2) is 32.9 Å². The SMILES string of the molecule is CCOP(=O)(CS(=O)(=O)CC)OCC. The third-order valence-electron chi connectivity index (χ3n) is 1.45. The first-order chi connectivity index (χ1) is 6.39. The predicted octanol–water partition coefficient (Wildman–Crippen LogP) is 1.64. The highest BCUT2D eigenvalue weighted by molar-refractivity contribution is 7.97. The van der Waals surface area contributed by atoms with Crippen LogP contribution in [0.3, 0.4) is 0 Å². The molecule has 0 bridgehead atoms. The molecule has 0 atom stereocenters. The first kappa shape index (κ1) is 14.1. The normalized spacial score (nSPS) is 13.1. The Labute approximate surface area is 85.2 Å². The Morgan fingerprint density at radius 2 is 1.50 bits per heavy atom. The van der Waals surface area contributed by atoms with Crippen LogP contribution in [0, 0.1) is 0 Å². The minimum Gasteiger partial charge on any atom is -0.308 e. The molecule has 0 aromatic rings. The Balaban J connectivity index is 4.61. The Morgan fingerprint density at radius 1 is 1.07 bits per heavy atom. The van der Waals surface area contributed by atoms with Crippen molar-refractivity contribution in [1.29, 1.82) is 0 Å². The van der Waals surface area contributed by atoms with Gasteiger partial charge in [0, 0.05) is 5.75 Å². The van der Waals surface area contributed by atoms with Crippen LogP contribution >= 0.6 is 7.60 Å². The molecule has 0 saturated heterocycles. The molecule has 0 radical (unpaired) electrons. The lowest BCUT2D eigenvalue weighted by atomic mass is 10.9. The van der Waals surface area contributed by atoms with Crippen LogP contribution in [0.4, 0.5) is 0 Å². The Morgan fingerprint density at radius 3 is 1.79 bits per heavy atom. The van der Waals surface area contributed by atoms with Crippen LogP contribution in [0.5, 0.6) is 0 Å². The van der Waals surface area contributed by atoms with Gasteiger partial charge in [-0.1, -0.05) is 6.92 Å². The van der Waals surface area contributed by atoms with E-state index in [1.165, 1.54) is 6.92 Å². The smallest absolute Gasteiger partial charge is 0.308 e. The lowest BCUT2D eigenvalue weighted by Gasteiger charge is -2.16. The van der Waals surface area contributed by atoms with Gasteiger partial charge in [-0.2, -0.15) is 0 Å². The topological polar surface area (TPSA) is 69.7 Å². The maximum absolute atomic E-state index is 11.8. The van der Waals surface area contributed by atoms with Gasteiger partial charge in [-0.15, -0.1) is 0 Å². The fourth-order valence-corrected chi connectivity index (χ4v) is 4.95. The van der Waals surface area contributed by atoms with Crippen LogP contribution in [0.25, 0.3) is 0 Å². The van der Waals surface area contributed by atoms with E-state index in [2.05, 4.69) is 0 Å². The van der Waals surface area contributed by atoms with Crippen molar-refractivity contribution in [3.8, 4) is 0 Å². The minimum absolute atomic E-state index is 0.0584. The van der Waals surface area contributed by atoms with Gasteiger partial charge in [-0.3, -0.25) is 4.57 Å². The zero-order valence-corrected chi connectivity index (χ0v) is 10.4. The first-order valence-electron chi connectivity index (χ1n) is 4.47. The van der Waals surface area contributed by atoms with Crippen molar-refractivity contribution in [2.45, 2.75) is 20.8 Å². The second-order valence-corrected chi connectivity index (χ2v) is 7.44. The number of rotatable bonds is 7. The Bertz CT molecular complexity index is 287. The predicted molar refractivity (Wildman–Crippen MR) is 55.2 cm³/mol. The van der Waals surface area contributed by atoms with Crippen LogP contribution in [0.1, 0.15) is 20.8 Å². The van der Waals surface area contributed by atoms with E-state index in [0.717, 1.165) is 0 Å². The average Bonchev–Trinajstić information content (AvgIpc) is 2.03. The van der Waals surface area contributed by atoms with Crippen LogP contribution in [0.2, 0.25) is 0 Å². The summed E-state index contributed by atoms with van der Waals surface area (Å²) in [7, 11) is -6.78. The summed E-state index contributed by atoms with van der Waals surface area (Å²) in [5, 5.41) is 0. The molecule has 0 rings (SSSR count). The van der Waals surface area contributed by atoms with Crippen LogP contribution in [0.15, 0.2) is 0 Å². The summed E-state index contributed by atoms with van der Waals surface area (Å²) in [6, 6.07) is 0. The summed E-state index contributed by atoms with van der Waals surface area (Å²) >= 11 is 0. The van der Waals surface area contributed by atoms with Crippen LogP contribution in [-0.2, 0) is 23.4 Å². The van der Waals surface area contributed by atoms with Crippen molar-refractivity contribution >= 4 is 17.4 Å². The first-order valence-corrected chi connectivity index (χ1v) is 8.02. The molecule has 0 unspecified atom stereocenters. The van der Waals surface area contributed by atoms with Crippen molar-refractivity contribution in [2.75, 3.05) is 24.5 Å². The van der Waals surface area contributed by atoms with Gasteiger partial charge in [-0.05, 0) is 13.8 Å². The zero-order valence-electron chi connectivity index (χ0n) is 8.73. The van der Waals surface area contributed by atoms with Gasteiger partial charge < -0.3 is 9.05 Å². The van der Waals surface area contributed by atoms with Gasteiger partial charge in [0.15, 0.2) is 15.3 Å². The van der Waals surface area contributed by atoms with E-state index in [1.807, 2.05) is 0 Å². The van der Waals surface area contributed by atoms with Crippen molar-refractivity contribution in [3.05, 3.63) is 0 Å². The zero-order chi connectivity index (χ0) is 11.2. The quantitative estimate of drug-likeness (QED) is 0.637. The third-order valence-corrected chi connectivity index (χ3v) is 6.47. The lowest BCUT2D eigenvalue weighted by Crippen LogP contribution is -2.12. The molecule has 0 spiro atoms. The summed E-state index contributed by atoms with van der Waals surface area (Å²) in [5.41, 5.74) is -0.530. The highest BCUT2D eigenvalue weighted by Crippen LogP contribution is 2.49. The molecule has 5 nitrogen and oxygen atoms in total. The van der Waals surface area contributed by atoms with E-state index in [0.29, 0.717) is 0 Å². The number of sulfone groups is 1. The van der Waals surface area contributed by atoms with Gasteiger partial charge in [0.2, 0.25) is 0 Å². The minimum atomic E-state index is -3.45. The van der Waals surface area contributed by atoms with Crippen molar-refractivity contribution in [2.24, 2.45) is 0 Å². The molecular weight excluding hydrogens is 227 g/mol. The monoisotopic (exact) mass is 244 g/mol. The van der Waals surface area contributed by atoms with E-state index < -0.39 is 22.9 Å². The molecule has 0 aliphatic heterocycles. The molecule has 0 fully saturated rings. The van der Waals surface area contributed by atoms with Gasteiger partial charge in [0.05, 0.1) is 13.2 Å². The van der Waals surface area contributed by atoms with E-state index in [-0.39, 0.29) is 19.0 Å². The molecule has 0 N–H and O–H groups in total. The number of hydrogen-bond acceptors (Lipinski definition) is 5. The van der Waals surface area contributed by atoms with Gasteiger partial charge in [-0.25, -0.2) is 8.42 Å². The van der Waals surface area contributed by atoms with Gasteiger partial charge in [0.1, 0.15) is 0 Å². The third kappa shape index (κ3) is 5.10. The molecule has 0 aliphatic rings. The molecule has 0 amide bonds. The highest BCUT2D eigenvalue weighted by atomic mass is 32.2. The second-order valence-electron chi connectivity index (χ2n) is 2.61. The second kappa shape index (κ2) is 5.85. The molecule has 0 saturated carbocycles. The standard InChI is InChI=1S/C7H17O5PS/c1-4-11-13(8,12-5-2)7-14(9,10)6-3/h4-7H2,1-3H3. The molecule has 14 heavy (non-hydrogen) atoms. The molecule has 0 heterocycles. The molecule has 0 aromatic carbocycles. The summed E-state index contributed by atoms with van der Waals surface area (Å²) < 4.78 is 44.0. The molecule has 0 aromatic heterocycles. The Hall–Kier alpha value is 0.100. The summed E-state index contributed by atoms with van der Waals surface area (Å²) in [6.07, 6.45) is 0. The van der Waals surface area contributed by atoms with Gasteiger partial charge in [0.25, 0.3) is 0 Å². The van der Waals surface area contributed by atoms with Crippen molar-refractivity contribution in [1.82, 2.24) is 0 Å². The molecule has 0 aliphatic carbocycles. The molecule has 86 valence electrons. The highest BCUT2D eigenvalue weighted by Gasteiger charge is 2.30. The molecule has 7 heteroatoms. The van der Waals surface area contributed by atoms with Gasteiger partial charge >= 0.3 is 7.60 Å². The number of hydrogen-bond donors (Lipinski definition) is 0. The summed E-state index contributed by atoms with van der Waals surface area (Å²) in [4.78, 5) is 0. The largest absolute Gasteiger partial charge is 0.345 e. The summed E-state index contributed by atoms with van der Waals surface area (Å²) in [6.45, 7) is 5.14. The Kier molecular flexibility index (Phi) is 5.90. The van der Waals surface area contributed by atoms with E-state index in [1.54, 1.807) is 13.8 Å². The fourth-order valence-electron chi connectivity index (χ4n) is 0.837. The average molecular weight is 244 g/mol. The van der Waals surface area contributed by atoms with E-state index in [9.17, 15) is 13.0 Å². The van der Waals surface area contributed by atoms with Crippen molar-refractivity contribution < 1.29 is 22.0 Å². The van der Waals surface area contributed by atoms with Crippen LogP contribution < -0.4 is 0 Å². The fraction of sp³-hybridized carbons (Fsp3) is 1.00. The maximum Gasteiger partial charge on any atom is 0.345 e. The summed E-state index contributed by atoms with van der Waals surface area (Å²) in [5.74, 6) is -0.0584. The molecular formula is C7H17O5PS. The lowest BCUT2D eigenvalue weighted by molar-refractivity contribution is 0.224. The van der Waals surface area contributed by atoms with Crippen molar-refractivity contribution in [3.63, 3.8) is 0 Å². The maximum atomic E-state index is 11.8. The van der Waals surface area contributed by atoms with E-state index >= 15 is 0 Å².